The van der Waals surface area contributed by atoms with Crippen molar-refractivity contribution in [3.63, 3.8) is 0 Å². The number of aryl methyl sites for hydroxylation is 1. The van der Waals surface area contributed by atoms with Gasteiger partial charge < -0.3 is 10.2 Å². The molecular formula is C25H34ClN3O4S. The van der Waals surface area contributed by atoms with Crippen molar-refractivity contribution in [2.75, 3.05) is 23.7 Å². The van der Waals surface area contributed by atoms with Crippen LogP contribution in [-0.4, -0.2) is 50.5 Å². The lowest BCUT2D eigenvalue weighted by Crippen LogP contribution is -2.52. The highest BCUT2D eigenvalue weighted by atomic mass is 35.5. The Kier molecular flexibility index (Phi) is 9.94. The van der Waals surface area contributed by atoms with Crippen molar-refractivity contribution < 1.29 is 18.0 Å². The number of halogens is 1. The molecule has 34 heavy (non-hydrogen) atoms. The second-order valence-electron chi connectivity index (χ2n) is 8.32. The summed E-state index contributed by atoms with van der Waals surface area (Å²) in [5.41, 5.74) is 2.76. The van der Waals surface area contributed by atoms with Gasteiger partial charge in [0.05, 0.1) is 11.9 Å². The number of amides is 2. The molecule has 0 unspecified atom stereocenters. The van der Waals surface area contributed by atoms with E-state index in [0.29, 0.717) is 29.2 Å². The summed E-state index contributed by atoms with van der Waals surface area (Å²) in [4.78, 5) is 28.1. The predicted octanol–water partition coefficient (Wildman–Crippen LogP) is 4.06. The van der Waals surface area contributed by atoms with Gasteiger partial charge in [-0.1, -0.05) is 55.8 Å². The number of nitrogens with one attached hydrogen (secondary N) is 1. The van der Waals surface area contributed by atoms with Crippen LogP contribution in [0, 0.1) is 13.8 Å². The summed E-state index contributed by atoms with van der Waals surface area (Å²) in [5, 5.41) is 3.27. The van der Waals surface area contributed by atoms with Gasteiger partial charge in [0.15, 0.2) is 0 Å². The number of hydrogen-bond acceptors (Lipinski definition) is 4. The molecule has 2 aromatic carbocycles. The first-order chi connectivity index (χ1) is 16.0. The highest BCUT2D eigenvalue weighted by Crippen LogP contribution is 2.28. The zero-order chi connectivity index (χ0) is 25.5. The van der Waals surface area contributed by atoms with E-state index in [-0.39, 0.29) is 12.5 Å². The van der Waals surface area contributed by atoms with Gasteiger partial charge in [0.1, 0.15) is 12.6 Å². The van der Waals surface area contributed by atoms with Crippen molar-refractivity contribution in [1.82, 2.24) is 10.2 Å². The SMILES string of the molecule is CCCNC(=O)[C@@H](CC)N(Cc1ccccc1C)C(=O)CN(c1cccc(Cl)c1C)S(C)(=O)=O. The van der Waals surface area contributed by atoms with Crippen molar-refractivity contribution in [2.45, 2.75) is 53.1 Å². The van der Waals surface area contributed by atoms with Crippen LogP contribution in [0.3, 0.4) is 0 Å². The van der Waals surface area contributed by atoms with Crippen molar-refractivity contribution in [3.8, 4) is 0 Å². The number of benzene rings is 2. The summed E-state index contributed by atoms with van der Waals surface area (Å²) in [6.45, 7) is 7.68. The number of hydrogen-bond donors (Lipinski definition) is 1. The Morgan fingerprint density at radius 1 is 1.06 bits per heavy atom. The maximum Gasteiger partial charge on any atom is 0.244 e. The van der Waals surface area contributed by atoms with E-state index in [0.717, 1.165) is 28.1 Å². The van der Waals surface area contributed by atoms with E-state index in [4.69, 9.17) is 11.6 Å². The highest BCUT2D eigenvalue weighted by Gasteiger charge is 2.32. The second-order valence-corrected chi connectivity index (χ2v) is 10.6. The number of sulfonamides is 1. The van der Waals surface area contributed by atoms with E-state index in [1.807, 2.05) is 45.0 Å². The molecule has 0 saturated heterocycles. The third-order valence-corrected chi connectivity index (χ3v) is 7.26. The van der Waals surface area contributed by atoms with E-state index in [2.05, 4.69) is 5.32 Å². The quantitative estimate of drug-likeness (QED) is 0.497. The van der Waals surface area contributed by atoms with Crippen LogP contribution in [-0.2, 0) is 26.2 Å². The maximum atomic E-state index is 13.7. The average Bonchev–Trinajstić information content (AvgIpc) is 2.78. The van der Waals surface area contributed by atoms with Crippen LogP contribution >= 0.6 is 11.6 Å². The van der Waals surface area contributed by atoms with Gasteiger partial charge in [0, 0.05) is 18.1 Å². The minimum absolute atomic E-state index is 0.190. The molecule has 7 nitrogen and oxygen atoms in total. The van der Waals surface area contributed by atoms with Crippen molar-refractivity contribution in [3.05, 3.63) is 64.2 Å². The van der Waals surface area contributed by atoms with Gasteiger partial charge in [-0.2, -0.15) is 0 Å². The van der Waals surface area contributed by atoms with E-state index in [9.17, 15) is 18.0 Å². The molecule has 9 heteroatoms. The van der Waals surface area contributed by atoms with E-state index in [1.165, 1.54) is 4.90 Å². The molecule has 0 aliphatic carbocycles. The highest BCUT2D eigenvalue weighted by molar-refractivity contribution is 7.92. The first-order valence-corrected chi connectivity index (χ1v) is 13.6. The monoisotopic (exact) mass is 507 g/mol. The fourth-order valence-electron chi connectivity index (χ4n) is 3.72. The van der Waals surface area contributed by atoms with Gasteiger partial charge in [0.25, 0.3) is 0 Å². The van der Waals surface area contributed by atoms with Crippen LogP contribution in [0.2, 0.25) is 5.02 Å². The number of nitrogens with zero attached hydrogens (tertiary/aromatic N) is 2. The molecule has 0 spiro atoms. The summed E-state index contributed by atoms with van der Waals surface area (Å²) < 4.78 is 26.5. The Labute approximate surface area is 208 Å². The van der Waals surface area contributed by atoms with E-state index < -0.39 is 28.5 Å². The summed E-state index contributed by atoms with van der Waals surface area (Å²) >= 11 is 6.23. The maximum absolute atomic E-state index is 13.7. The van der Waals surface area contributed by atoms with Crippen molar-refractivity contribution in [1.29, 1.82) is 0 Å². The number of rotatable bonds is 11. The Morgan fingerprint density at radius 2 is 1.74 bits per heavy atom. The Morgan fingerprint density at radius 3 is 2.32 bits per heavy atom. The molecule has 0 heterocycles. The van der Waals surface area contributed by atoms with Gasteiger partial charge in [0.2, 0.25) is 21.8 Å². The van der Waals surface area contributed by atoms with Gasteiger partial charge in [-0.25, -0.2) is 8.42 Å². The number of carbonyl (C=O) groups is 2. The molecule has 0 aliphatic heterocycles. The van der Waals surface area contributed by atoms with Crippen LogP contribution in [0.4, 0.5) is 5.69 Å². The Hall–Kier alpha value is -2.58. The molecule has 0 aromatic heterocycles. The molecule has 2 aromatic rings. The van der Waals surface area contributed by atoms with E-state index in [1.54, 1.807) is 25.1 Å². The summed E-state index contributed by atoms with van der Waals surface area (Å²) in [6, 6.07) is 11.8. The molecule has 2 rings (SSSR count). The standard InChI is InChI=1S/C25H34ClN3O4S/c1-6-15-27-25(31)22(7-2)28(16-20-12-9-8-11-18(20)3)24(30)17-29(34(5,32)33)23-14-10-13-21(26)19(23)4/h8-14,22H,6-7,15-17H2,1-5H3,(H,27,31)/t22-/m1/s1. The van der Waals surface area contributed by atoms with Crippen LogP contribution < -0.4 is 9.62 Å². The lowest BCUT2D eigenvalue weighted by Gasteiger charge is -2.33. The summed E-state index contributed by atoms with van der Waals surface area (Å²) in [6.07, 6.45) is 2.21. The molecule has 0 bridgehead atoms. The second kappa shape index (κ2) is 12.2. The molecule has 1 N–H and O–H groups in total. The molecule has 0 saturated carbocycles. The molecule has 2 amide bonds. The minimum Gasteiger partial charge on any atom is -0.354 e. The molecule has 0 aliphatic rings. The largest absolute Gasteiger partial charge is 0.354 e. The van der Waals surface area contributed by atoms with Crippen LogP contribution in [0.15, 0.2) is 42.5 Å². The smallest absolute Gasteiger partial charge is 0.244 e. The lowest BCUT2D eigenvalue weighted by molar-refractivity contribution is -0.140. The topological polar surface area (TPSA) is 86.8 Å². The lowest BCUT2D eigenvalue weighted by atomic mass is 10.1. The third-order valence-electron chi connectivity index (χ3n) is 5.72. The molecule has 1 atom stereocenters. The minimum atomic E-state index is -3.81. The molecule has 0 fully saturated rings. The Balaban J connectivity index is 2.48. The first-order valence-electron chi connectivity index (χ1n) is 11.4. The average molecular weight is 508 g/mol. The third kappa shape index (κ3) is 6.96. The van der Waals surface area contributed by atoms with Crippen molar-refractivity contribution >= 4 is 39.1 Å². The molecule has 186 valence electrons. The molecular weight excluding hydrogens is 474 g/mol. The van der Waals surface area contributed by atoms with Crippen molar-refractivity contribution in [2.24, 2.45) is 0 Å². The van der Waals surface area contributed by atoms with Gasteiger partial charge in [-0.15, -0.1) is 0 Å². The van der Waals surface area contributed by atoms with Gasteiger partial charge >= 0.3 is 0 Å². The zero-order valence-corrected chi connectivity index (χ0v) is 22.0. The fraction of sp³-hybridized carbons (Fsp3) is 0.440. The van der Waals surface area contributed by atoms with Gasteiger partial charge in [-0.05, 0) is 55.5 Å². The Bertz CT molecular complexity index is 1120. The van der Waals surface area contributed by atoms with Crippen LogP contribution in [0.5, 0.6) is 0 Å². The van der Waals surface area contributed by atoms with Gasteiger partial charge in [-0.3, -0.25) is 13.9 Å². The first kappa shape index (κ1) is 27.7. The molecule has 0 radical (unpaired) electrons. The predicted molar refractivity (Wildman–Crippen MR) is 137 cm³/mol. The van der Waals surface area contributed by atoms with Crippen LogP contribution in [0.25, 0.3) is 0 Å². The van der Waals surface area contributed by atoms with Crippen LogP contribution in [0.1, 0.15) is 43.4 Å². The summed E-state index contributed by atoms with van der Waals surface area (Å²) in [5.74, 6) is -0.720. The normalized spacial score (nSPS) is 12.2. The number of anilines is 1. The number of carbonyl (C=O) groups excluding carboxylic acids is 2. The zero-order valence-electron chi connectivity index (χ0n) is 20.5. The van der Waals surface area contributed by atoms with E-state index >= 15 is 0 Å². The fourth-order valence-corrected chi connectivity index (χ4v) is 4.79. The summed E-state index contributed by atoms with van der Waals surface area (Å²) in [7, 11) is -3.81.